The lowest BCUT2D eigenvalue weighted by molar-refractivity contribution is 0.0296. The van der Waals surface area contributed by atoms with Crippen LogP contribution in [0, 0.1) is 5.92 Å². The summed E-state index contributed by atoms with van der Waals surface area (Å²) in [6.07, 6.45) is -0.355. The average Bonchev–Trinajstić information content (AvgIpc) is 3.21. The van der Waals surface area contributed by atoms with Gasteiger partial charge in [0, 0.05) is 6.54 Å². The van der Waals surface area contributed by atoms with Crippen molar-refractivity contribution in [3.63, 3.8) is 0 Å². The molecule has 3 aromatic rings. The summed E-state index contributed by atoms with van der Waals surface area (Å²) in [6, 6.07) is 21.7. The fourth-order valence-electron chi connectivity index (χ4n) is 3.53. The highest BCUT2D eigenvalue weighted by Gasteiger charge is 2.36. The number of hydroxylamine groups is 1. The first-order chi connectivity index (χ1) is 15.6. The number of nitrogens with zero attached hydrogens (tertiary/aromatic N) is 1. The van der Waals surface area contributed by atoms with Crippen molar-refractivity contribution in [1.82, 2.24) is 5.48 Å². The normalized spacial score (nSPS) is 18.9. The molecular weight excluding hydrogens is 430 g/mol. The predicted octanol–water partition coefficient (Wildman–Crippen LogP) is 5.08. The molecule has 0 saturated carbocycles. The molecule has 3 N–H and O–H groups in total. The molecule has 1 aliphatic heterocycles. The molecule has 2 atom stereocenters. The molecule has 0 aliphatic carbocycles. The SMILES string of the molecule is COc1ccc(C2ONC(=Nc3ccccc3C(=O)O)C2CNc2ccccc2Cl)cc1. The number of carboxylic acids is 1. The van der Waals surface area contributed by atoms with E-state index in [1.165, 1.54) is 6.07 Å². The van der Waals surface area contributed by atoms with Gasteiger partial charge in [-0.05, 0) is 42.0 Å². The van der Waals surface area contributed by atoms with Gasteiger partial charge in [0.2, 0.25) is 0 Å². The van der Waals surface area contributed by atoms with Gasteiger partial charge in [-0.25, -0.2) is 9.79 Å². The van der Waals surface area contributed by atoms with Crippen molar-refractivity contribution < 1.29 is 19.5 Å². The van der Waals surface area contributed by atoms with Gasteiger partial charge in [-0.1, -0.05) is 48.0 Å². The van der Waals surface area contributed by atoms with Crippen LogP contribution in [0.25, 0.3) is 0 Å². The summed E-state index contributed by atoms with van der Waals surface area (Å²) in [5, 5.41) is 13.5. The van der Waals surface area contributed by atoms with Crippen molar-refractivity contribution >= 4 is 34.8 Å². The van der Waals surface area contributed by atoms with Gasteiger partial charge >= 0.3 is 5.97 Å². The molecule has 0 amide bonds. The number of para-hydroxylation sites is 2. The van der Waals surface area contributed by atoms with Crippen LogP contribution < -0.4 is 15.5 Å². The summed E-state index contributed by atoms with van der Waals surface area (Å²) in [5.41, 5.74) is 5.09. The Labute approximate surface area is 190 Å². The van der Waals surface area contributed by atoms with Crippen LogP contribution in [0.3, 0.4) is 0 Å². The fourth-order valence-corrected chi connectivity index (χ4v) is 3.74. The van der Waals surface area contributed by atoms with E-state index in [2.05, 4.69) is 15.8 Å². The first-order valence-electron chi connectivity index (χ1n) is 10.0. The maximum Gasteiger partial charge on any atom is 0.337 e. The fraction of sp³-hybridized carbons (Fsp3) is 0.167. The maximum absolute atomic E-state index is 11.6. The monoisotopic (exact) mass is 451 g/mol. The molecule has 8 heteroatoms. The number of rotatable bonds is 7. The summed E-state index contributed by atoms with van der Waals surface area (Å²) in [4.78, 5) is 22.1. The summed E-state index contributed by atoms with van der Waals surface area (Å²) in [7, 11) is 1.61. The summed E-state index contributed by atoms with van der Waals surface area (Å²) >= 11 is 6.30. The number of methoxy groups -OCH3 is 1. The second kappa shape index (κ2) is 9.72. The van der Waals surface area contributed by atoms with E-state index in [0.29, 0.717) is 23.1 Å². The average molecular weight is 452 g/mol. The zero-order chi connectivity index (χ0) is 22.5. The van der Waals surface area contributed by atoms with Crippen LogP contribution in [0.15, 0.2) is 77.8 Å². The van der Waals surface area contributed by atoms with Gasteiger partial charge < -0.3 is 15.2 Å². The number of ether oxygens (including phenoxy) is 1. The standard InChI is InChI=1S/C24H22ClN3O4/c1-31-16-12-10-15(11-13-16)22-18(14-26-21-9-5-3-7-19(21)25)23(28-32-22)27-20-8-4-2-6-17(20)24(29)30/h2-13,18,22,26H,14H2,1H3,(H,27,28)(H,29,30). The molecule has 0 aromatic heterocycles. The van der Waals surface area contributed by atoms with Gasteiger partial charge in [0.05, 0.1) is 35.0 Å². The van der Waals surface area contributed by atoms with E-state index in [1.54, 1.807) is 25.3 Å². The summed E-state index contributed by atoms with van der Waals surface area (Å²) < 4.78 is 5.25. The molecular formula is C24H22ClN3O4. The lowest BCUT2D eigenvalue weighted by Gasteiger charge is -2.19. The third kappa shape index (κ3) is 4.69. The van der Waals surface area contributed by atoms with Crippen molar-refractivity contribution in [2.75, 3.05) is 19.0 Å². The number of hydrogen-bond acceptors (Lipinski definition) is 5. The molecule has 164 valence electrons. The highest BCUT2D eigenvalue weighted by Crippen LogP contribution is 2.34. The van der Waals surface area contributed by atoms with Gasteiger partial charge in [-0.15, -0.1) is 0 Å². The minimum atomic E-state index is -1.04. The minimum Gasteiger partial charge on any atom is -0.497 e. The first-order valence-corrected chi connectivity index (χ1v) is 10.4. The highest BCUT2D eigenvalue weighted by molar-refractivity contribution is 6.33. The molecule has 2 unspecified atom stereocenters. The first kappa shape index (κ1) is 21.7. The van der Waals surface area contributed by atoms with E-state index in [1.807, 2.05) is 48.5 Å². The summed E-state index contributed by atoms with van der Waals surface area (Å²) in [5.74, 6) is -0.00312. The number of benzene rings is 3. The molecule has 3 aromatic carbocycles. The van der Waals surface area contributed by atoms with Gasteiger partial charge in [-0.3, -0.25) is 10.3 Å². The van der Waals surface area contributed by atoms with Crippen molar-refractivity contribution in [2.45, 2.75) is 6.10 Å². The lowest BCUT2D eigenvalue weighted by Crippen LogP contribution is -2.26. The van der Waals surface area contributed by atoms with Crippen LogP contribution in [0.1, 0.15) is 22.0 Å². The highest BCUT2D eigenvalue weighted by atomic mass is 35.5. The lowest BCUT2D eigenvalue weighted by atomic mass is 9.95. The van der Waals surface area contributed by atoms with Crippen LogP contribution in [-0.2, 0) is 4.84 Å². The van der Waals surface area contributed by atoms with Crippen molar-refractivity contribution in [1.29, 1.82) is 0 Å². The van der Waals surface area contributed by atoms with E-state index in [-0.39, 0.29) is 17.6 Å². The van der Waals surface area contributed by atoms with Gasteiger partial charge in [0.25, 0.3) is 0 Å². The number of aliphatic imine (C=N–C) groups is 1. The van der Waals surface area contributed by atoms with Crippen molar-refractivity contribution in [2.24, 2.45) is 10.9 Å². The smallest absolute Gasteiger partial charge is 0.337 e. The summed E-state index contributed by atoms with van der Waals surface area (Å²) in [6.45, 7) is 0.460. The predicted molar refractivity (Wildman–Crippen MR) is 124 cm³/mol. The number of aromatic carboxylic acids is 1. The quantitative estimate of drug-likeness (QED) is 0.464. The molecule has 1 saturated heterocycles. The van der Waals surface area contributed by atoms with Gasteiger partial charge in [0.1, 0.15) is 17.7 Å². The van der Waals surface area contributed by atoms with E-state index in [0.717, 1.165) is 17.0 Å². The third-order valence-electron chi connectivity index (χ3n) is 5.21. The second-order valence-corrected chi connectivity index (χ2v) is 7.61. The van der Waals surface area contributed by atoms with E-state index in [9.17, 15) is 9.90 Å². The van der Waals surface area contributed by atoms with Crippen molar-refractivity contribution in [3.05, 3.63) is 88.9 Å². The Balaban J connectivity index is 1.67. The minimum absolute atomic E-state index is 0.118. The van der Waals surface area contributed by atoms with E-state index < -0.39 is 5.97 Å². The Morgan fingerprint density at radius 3 is 2.56 bits per heavy atom. The molecule has 0 bridgehead atoms. The molecule has 1 heterocycles. The Bertz CT molecular complexity index is 1130. The number of anilines is 1. The molecule has 32 heavy (non-hydrogen) atoms. The number of amidine groups is 1. The van der Waals surface area contributed by atoms with Crippen LogP contribution in [0.5, 0.6) is 5.75 Å². The Hall–Kier alpha value is -3.55. The largest absolute Gasteiger partial charge is 0.497 e. The Morgan fingerprint density at radius 2 is 1.84 bits per heavy atom. The van der Waals surface area contributed by atoms with Crippen LogP contribution >= 0.6 is 11.6 Å². The maximum atomic E-state index is 11.6. The Morgan fingerprint density at radius 1 is 1.12 bits per heavy atom. The zero-order valence-electron chi connectivity index (χ0n) is 17.3. The van der Waals surface area contributed by atoms with E-state index in [4.69, 9.17) is 21.2 Å². The Kier molecular flexibility index (Phi) is 6.58. The van der Waals surface area contributed by atoms with Crippen LogP contribution in [-0.4, -0.2) is 30.6 Å². The molecule has 1 fully saturated rings. The third-order valence-corrected chi connectivity index (χ3v) is 5.54. The number of hydrogen-bond donors (Lipinski definition) is 3. The van der Waals surface area contributed by atoms with Gasteiger partial charge in [-0.2, -0.15) is 0 Å². The molecule has 1 aliphatic rings. The number of carboxylic acid groups (broad SMARTS) is 1. The van der Waals surface area contributed by atoms with Crippen LogP contribution in [0.2, 0.25) is 5.02 Å². The second-order valence-electron chi connectivity index (χ2n) is 7.20. The number of halogens is 1. The van der Waals surface area contributed by atoms with Crippen LogP contribution in [0.4, 0.5) is 11.4 Å². The van der Waals surface area contributed by atoms with Crippen molar-refractivity contribution in [3.8, 4) is 5.75 Å². The molecule has 7 nitrogen and oxygen atoms in total. The molecule has 0 spiro atoms. The number of carbonyl (C=O) groups is 1. The number of nitrogens with one attached hydrogen (secondary N) is 2. The zero-order valence-corrected chi connectivity index (χ0v) is 18.0. The van der Waals surface area contributed by atoms with Gasteiger partial charge in [0.15, 0.2) is 0 Å². The molecule has 0 radical (unpaired) electrons. The molecule has 4 rings (SSSR count). The van der Waals surface area contributed by atoms with E-state index >= 15 is 0 Å². The topological polar surface area (TPSA) is 92.2 Å².